The summed E-state index contributed by atoms with van der Waals surface area (Å²) in [5, 5.41) is 24.2. The number of carbonyl (C=O) groups excluding carboxylic acids is 1. The molecule has 0 aromatic carbocycles. The molecule has 19 heavy (non-hydrogen) atoms. The van der Waals surface area contributed by atoms with E-state index in [1.54, 1.807) is 0 Å². The number of rotatable bonds is 6. The summed E-state index contributed by atoms with van der Waals surface area (Å²) in [4.78, 5) is 39.7. The summed E-state index contributed by atoms with van der Waals surface area (Å²) in [6, 6.07) is -2.39. The molecule has 2 atom stereocenters. The molecule has 0 bridgehead atoms. The number of Topliss-reactive ketones (excluding diaryl/α,β-unsaturated/α-hetero) is 1. The van der Waals surface area contributed by atoms with Gasteiger partial charge in [0.05, 0.1) is 6.42 Å². The molecule has 114 valence electrons. The van der Waals surface area contributed by atoms with Crippen molar-refractivity contribution in [3.05, 3.63) is 6.92 Å². The van der Waals surface area contributed by atoms with Crippen molar-refractivity contribution < 1.29 is 51.6 Å². The zero-order valence-electron chi connectivity index (χ0n) is 9.71. The molecule has 10 heteroatoms. The first-order valence-electron chi connectivity index (χ1n) is 4.61. The fourth-order valence-corrected chi connectivity index (χ4v) is 0.608. The van der Waals surface area contributed by atoms with Crippen LogP contribution in [0.15, 0.2) is 0 Å². The zero-order chi connectivity index (χ0) is 14.9. The number of carboxylic acids is 3. The van der Waals surface area contributed by atoms with Gasteiger partial charge in [-0.05, 0) is 5.78 Å². The van der Waals surface area contributed by atoms with Crippen LogP contribution < -0.4 is 11.5 Å². The molecule has 0 aromatic rings. The van der Waals surface area contributed by atoms with Crippen molar-refractivity contribution in [2.75, 3.05) is 0 Å². The summed E-state index contributed by atoms with van der Waals surface area (Å²) in [5.74, 6) is -4.13. The predicted molar refractivity (Wildman–Crippen MR) is 58.5 cm³/mol. The van der Waals surface area contributed by atoms with E-state index < -0.39 is 42.2 Å². The van der Waals surface area contributed by atoms with E-state index in [2.05, 4.69) is 6.92 Å². The van der Waals surface area contributed by atoms with Crippen LogP contribution in [0.5, 0.6) is 0 Å². The van der Waals surface area contributed by atoms with Gasteiger partial charge in [0.1, 0.15) is 12.1 Å². The molecule has 0 heterocycles. The van der Waals surface area contributed by atoms with Gasteiger partial charge < -0.3 is 38.5 Å². The van der Waals surface area contributed by atoms with Crippen molar-refractivity contribution in [2.45, 2.75) is 24.9 Å². The molecule has 0 saturated heterocycles. The van der Waals surface area contributed by atoms with Crippen LogP contribution >= 0.6 is 0 Å². The second-order valence-electron chi connectivity index (χ2n) is 3.23. The standard InChI is InChI=1S/C5H8NO3.C4H7NO4.Cu/c1-3(7)2-4(6)5(8)9;5-2(4(8)9)1-3(6)7;/h4H,1-2,6H2,(H,8,9);2H,1,5H2,(H,6,7)(H,8,9);/q-1;;+1. The van der Waals surface area contributed by atoms with E-state index in [0.717, 1.165) is 0 Å². The second-order valence-corrected chi connectivity index (χ2v) is 3.23. The number of hydrogen-bond acceptors (Lipinski definition) is 6. The third-order valence-electron chi connectivity index (χ3n) is 1.48. The van der Waals surface area contributed by atoms with Crippen LogP contribution in [0, 0.1) is 6.92 Å². The minimum Gasteiger partial charge on any atom is -0.481 e. The Labute approximate surface area is 119 Å². The second kappa shape index (κ2) is 11.5. The van der Waals surface area contributed by atoms with Gasteiger partial charge in [-0.2, -0.15) is 0 Å². The first-order valence-corrected chi connectivity index (χ1v) is 4.61. The van der Waals surface area contributed by atoms with Crippen molar-refractivity contribution in [3.8, 4) is 0 Å². The average Bonchev–Trinajstić information content (AvgIpc) is 2.16. The summed E-state index contributed by atoms with van der Waals surface area (Å²) >= 11 is 0. The number of carboxylic acid groups (broad SMARTS) is 3. The first kappa shape index (κ1) is 22.6. The van der Waals surface area contributed by atoms with E-state index in [1.165, 1.54) is 0 Å². The smallest absolute Gasteiger partial charge is 0.481 e. The maximum atomic E-state index is 10.1. The largest absolute Gasteiger partial charge is 1.00 e. The fraction of sp³-hybridized carbons (Fsp3) is 0.444. The van der Waals surface area contributed by atoms with E-state index in [9.17, 15) is 19.2 Å². The van der Waals surface area contributed by atoms with Gasteiger partial charge in [0.25, 0.3) is 0 Å². The van der Waals surface area contributed by atoms with Crippen LogP contribution in [0.2, 0.25) is 0 Å². The molecule has 0 aliphatic rings. The molecule has 2 unspecified atom stereocenters. The zero-order valence-corrected chi connectivity index (χ0v) is 10.6. The number of carbonyl (C=O) groups is 4. The van der Waals surface area contributed by atoms with E-state index in [1.807, 2.05) is 0 Å². The van der Waals surface area contributed by atoms with E-state index in [-0.39, 0.29) is 23.5 Å². The number of hydrogen-bond donors (Lipinski definition) is 5. The minimum absolute atomic E-state index is 0. The Morgan fingerprint density at radius 2 is 1.21 bits per heavy atom. The molecule has 0 saturated carbocycles. The van der Waals surface area contributed by atoms with Crippen LogP contribution in [0.3, 0.4) is 0 Å². The van der Waals surface area contributed by atoms with E-state index >= 15 is 0 Å². The van der Waals surface area contributed by atoms with Gasteiger partial charge in [0.2, 0.25) is 0 Å². The first-order chi connectivity index (χ1) is 8.07. The molecule has 7 N–H and O–H groups in total. The monoisotopic (exact) mass is 326 g/mol. The Balaban J connectivity index is -0.000000256. The Kier molecular flexibility index (Phi) is 13.6. The van der Waals surface area contributed by atoms with E-state index in [0.29, 0.717) is 0 Å². The van der Waals surface area contributed by atoms with Crippen molar-refractivity contribution >= 4 is 23.7 Å². The average molecular weight is 327 g/mol. The van der Waals surface area contributed by atoms with Crippen LogP contribution in [-0.2, 0) is 36.2 Å². The van der Waals surface area contributed by atoms with Gasteiger partial charge in [0.15, 0.2) is 0 Å². The molecular formula is C9H15CuN2O7. The maximum Gasteiger partial charge on any atom is 1.00 e. The molecule has 0 radical (unpaired) electrons. The molecule has 0 aliphatic carbocycles. The van der Waals surface area contributed by atoms with Crippen molar-refractivity contribution in [3.63, 3.8) is 0 Å². The van der Waals surface area contributed by atoms with Crippen molar-refractivity contribution in [1.29, 1.82) is 0 Å². The van der Waals surface area contributed by atoms with Gasteiger partial charge in [-0.25, -0.2) is 0 Å². The van der Waals surface area contributed by atoms with Crippen LogP contribution in [0.4, 0.5) is 0 Å². The maximum absolute atomic E-state index is 10.1. The van der Waals surface area contributed by atoms with Crippen molar-refractivity contribution in [2.24, 2.45) is 11.5 Å². The van der Waals surface area contributed by atoms with Crippen LogP contribution in [-0.4, -0.2) is 51.1 Å². The predicted octanol–water partition coefficient (Wildman–Crippen LogP) is -1.94. The Bertz CT molecular complexity index is 303. The summed E-state index contributed by atoms with van der Waals surface area (Å²) in [6.45, 7) is 2.98. The summed E-state index contributed by atoms with van der Waals surface area (Å²) < 4.78 is 0. The van der Waals surface area contributed by atoms with Gasteiger partial charge in [0, 0.05) is 6.42 Å². The molecule has 9 nitrogen and oxygen atoms in total. The molecule has 0 fully saturated rings. The van der Waals surface area contributed by atoms with Gasteiger partial charge in [-0.15, -0.1) is 0 Å². The van der Waals surface area contributed by atoms with Crippen LogP contribution in [0.25, 0.3) is 0 Å². The normalized spacial score (nSPS) is 11.9. The minimum atomic E-state index is -1.29. The fourth-order valence-electron chi connectivity index (χ4n) is 0.608. The van der Waals surface area contributed by atoms with E-state index in [4.69, 9.17) is 26.8 Å². The van der Waals surface area contributed by atoms with Gasteiger partial charge in [-0.3, -0.25) is 14.4 Å². The Morgan fingerprint density at radius 1 is 0.895 bits per heavy atom. The van der Waals surface area contributed by atoms with Gasteiger partial charge >= 0.3 is 35.0 Å². The Morgan fingerprint density at radius 3 is 1.32 bits per heavy atom. The third-order valence-corrected chi connectivity index (χ3v) is 1.48. The number of nitrogens with two attached hydrogens (primary N) is 2. The number of ketones is 1. The molecule has 0 rings (SSSR count). The Hall–Kier alpha value is -1.61. The topological polar surface area (TPSA) is 181 Å². The van der Waals surface area contributed by atoms with Gasteiger partial charge in [-0.1, -0.05) is 0 Å². The quantitative estimate of drug-likeness (QED) is 0.274. The summed E-state index contributed by atoms with van der Waals surface area (Å²) in [5.41, 5.74) is 9.79. The number of aliphatic carboxylic acids is 3. The molecular weight excluding hydrogens is 312 g/mol. The molecule has 0 aromatic heterocycles. The molecule has 0 aliphatic heterocycles. The van der Waals surface area contributed by atoms with Crippen molar-refractivity contribution in [1.82, 2.24) is 0 Å². The molecule has 0 spiro atoms. The van der Waals surface area contributed by atoms with Crippen LogP contribution in [0.1, 0.15) is 12.8 Å². The molecule has 0 amide bonds. The third kappa shape index (κ3) is 16.4. The summed E-state index contributed by atoms with van der Waals surface area (Å²) in [6.07, 6.45) is -0.731. The summed E-state index contributed by atoms with van der Waals surface area (Å²) in [7, 11) is 0. The SMILES string of the molecule is NC(CC(=O)O)C(=O)O.[CH2-]C(=O)CC(N)C(=O)O.[Cu+].